The minimum atomic E-state index is 0. The van der Waals surface area contributed by atoms with E-state index >= 15 is 0 Å². The Morgan fingerprint density at radius 1 is 0.737 bits per heavy atom. The molecule has 0 N–H and O–H groups in total. The third-order valence-corrected chi connectivity index (χ3v) is 10.2. The molecule has 2 aliphatic rings. The number of halogens is 2. The summed E-state index contributed by atoms with van der Waals surface area (Å²) in [4.78, 5) is 0. The molecule has 0 saturated heterocycles. The molecule has 0 aromatic carbocycles. The van der Waals surface area contributed by atoms with Crippen LogP contribution in [-0.2, 0) is 25.8 Å². The van der Waals surface area contributed by atoms with E-state index in [9.17, 15) is 0 Å². The molecule has 0 aliphatic heterocycles. The number of rotatable bonds is 1. The monoisotopic (exact) mass is 498 g/mol. The topological polar surface area (TPSA) is 0 Å². The van der Waals surface area contributed by atoms with E-state index in [0.29, 0.717) is 0 Å². The van der Waals surface area contributed by atoms with Crippen LogP contribution in [0.4, 0.5) is 0 Å². The van der Waals surface area contributed by atoms with Gasteiger partial charge in [-0.2, -0.15) is 12.2 Å². The van der Waals surface area contributed by atoms with Gasteiger partial charge in [0.05, 0.1) is 0 Å². The van der Waals surface area contributed by atoms with Crippen molar-refractivity contribution in [2.75, 3.05) is 0 Å². The Labute approximate surface area is 154 Å². The van der Waals surface area contributed by atoms with Gasteiger partial charge in [-0.1, -0.05) is 26.2 Å². The first-order valence-corrected chi connectivity index (χ1v) is 11.7. The van der Waals surface area contributed by atoms with Crippen LogP contribution in [0.5, 0.6) is 0 Å². The van der Waals surface area contributed by atoms with Crippen molar-refractivity contribution in [1.82, 2.24) is 0 Å². The number of allylic oxidation sites excluding steroid dienone is 8. The molecule has 5 heteroatoms. The summed E-state index contributed by atoms with van der Waals surface area (Å²) in [6, 6.07) is 0. The van der Waals surface area contributed by atoms with E-state index in [2.05, 4.69) is 50.5 Å². The largest absolute Gasteiger partial charge is 0.273 e. The fourth-order valence-corrected chi connectivity index (χ4v) is 0.680. The van der Waals surface area contributed by atoms with Crippen LogP contribution in [0.15, 0.2) is 36.5 Å². The van der Waals surface area contributed by atoms with Gasteiger partial charge in [0, 0.05) is 42.5 Å². The van der Waals surface area contributed by atoms with Crippen molar-refractivity contribution >= 4 is 41.4 Å². The Balaban J connectivity index is -0.0000000824. The first-order chi connectivity index (χ1) is 7.64. The molecule has 0 unspecified atom stereocenters. The summed E-state index contributed by atoms with van der Waals surface area (Å²) < 4.78 is 0. The molecule has 0 aromatic rings. The predicted octanol–water partition coefficient (Wildman–Crippen LogP) is 5.03. The molecule has 0 bridgehead atoms. The van der Waals surface area contributed by atoms with Crippen molar-refractivity contribution in [1.29, 1.82) is 0 Å². The van der Waals surface area contributed by atoms with E-state index in [0.717, 1.165) is 12.8 Å². The van der Waals surface area contributed by atoms with Gasteiger partial charge in [-0.3, -0.25) is 12.2 Å². The Morgan fingerprint density at radius 3 is 1.11 bits per heavy atom. The van der Waals surface area contributed by atoms with Crippen LogP contribution in [0.3, 0.4) is 0 Å². The number of hydrogen-bond acceptors (Lipinski definition) is 0. The van der Waals surface area contributed by atoms with Crippen LogP contribution < -0.4 is 0 Å². The zero-order chi connectivity index (χ0) is 12.2. The Morgan fingerprint density at radius 2 is 1.05 bits per heavy atom. The van der Waals surface area contributed by atoms with Crippen molar-refractivity contribution in [3.8, 4) is 0 Å². The van der Waals surface area contributed by atoms with Crippen LogP contribution in [0.2, 0.25) is 26.2 Å². The maximum atomic E-state index is 2.99. The van der Waals surface area contributed by atoms with E-state index < -0.39 is 0 Å². The van der Waals surface area contributed by atoms with Crippen LogP contribution in [0.1, 0.15) is 12.8 Å². The fourth-order valence-electron chi connectivity index (χ4n) is 0.680. The van der Waals surface area contributed by atoms with Crippen LogP contribution >= 0.6 is 24.8 Å². The smallest absolute Gasteiger partial charge is 0.0307 e. The van der Waals surface area contributed by atoms with Crippen LogP contribution in [0, 0.1) is 12.2 Å². The summed E-state index contributed by atoms with van der Waals surface area (Å²) in [5.41, 5.74) is 0. The molecule has 0 saturated carbocycles. The second kappa shape index (κ2) is 21.1. The molecule has 2 aliphatic carbocycles. The molecular formula is C14H24Cl2HfSi2-2. The van der Waals surface area contributed by atoms with Crippen LogP contribution in [0.25, 0.3) is 0 Å². The zero-order valence-electron chi connectivity index (χ0n) is 12.2. The van der Waals surface area contributed by atoms with Crippen molar-refractivity contribution < 1.29 is 25.8 Å². The molecule has 0 spiro atoms. The van der Waals surface area contributed by atoms with Gasteiger partial charge < -0.3 is 0 Å². The summed E-state index contributed by atoms with van der Waals surface area (Å²) in [6.45, 7) is 9.55. The fraction of sp³-hybridized carbons (Fsp3) is 0.429. The first-order valence-electron chi connectivity index (χ1n) is 5.68. The molecule has 0 atom stereocenters. The van der Waals surface area contributed by atoms with E-state index in [-0.39, 0.29) is 67.3 Å². The van der Waals surface area contributed by atoms with Crippen molar-refractivity contribution in [2.24, 2.45) is 0 Å². The summed E-state index contributed by atoms with van der Waals surface area (Å²) in [5.74, 6) is 0. The van der Waals surface area contributed by atoms with Crippen molar-refractivity contribution in [3.63, 3.8) is 0 Å². The summed E-state index contributed by atoms with van der Waals surface area (Å²) in [5, 5.41) is 0. The summed E-state index contributed by atoms with van der Waals surface area (Å²) >= 11 is 0. The van der Waals surface area contributed by atoms with Gasteiger partial charge in [-0.25, -0.2) is 24.3 Å². The quantitative estimate of drug-likeness (QED) is 0.352. The van der Waals surface area contributed by atoms with E-state index in [1.54, 1.807) is 0 Å². The molecule has 19 heavy (non-hydrogen) atoms. The van der Waals surface area contributed by atoms with Gasteiger partial charge in [-0.15, -0.1) is 37.7 Å². The molecule has 0 amide bonds. The molecule has 0 heterocycles. The average Bonchev–Trinajstić information content (AvgIpc) is 2.97. The van der Waals surface area contributed by atoms with Crippen molar-refractivity contribution in [2.45, 2.75) is 39.0 Å². The van der Waals surface area contributed by atoms with Gasteiger partial charge >= 0.3 is 0 Å². The molecule has 108 valence electrons. The molecular weight excluding hydrogens is 474 g/mol. The molecule has 2 radical (unpaired) electrons. The van der Waals surface area contributed by atoms with Gasteiger partial charge in [0.2, 0.25) is 0 Å². The molecule has 0 aromatic heterocycles. The van der Waals surface area contributed by atoms with E-state index in [4.69, 9.17) is 0 Å². The molecule has 2 rings (SSSR count). The maximum Gasteiger partial charge on any atom is 0.0307 e. The Hall–Kier alpha value is 0.844. The second-order valence-electron chi connectivity index (χ2n) is 4.01. The van der Waals surface area contributed by atoms with Gasteiger partial charge in [0.25, 0.3) is 0 Å². The van der Waals surface area contributed by atoms with E-state index in [1.807, 2.05) is 24.3 Å². The molecule has 0 nitrogen and oxygen atoms in total. The van der Waals surface area contributed by atoms with Gasteiger partial charge in [-0.05, 0) is 0 Å². The Bertz CT molecular complexity index is 225. The zero-order valence-corrected chi connectivity index (χ0v) is 19.4. The molecule has 0 fully saturated rings. The third-order valence-electron chi connectivity index (χ3n) is 2.17. The number of hydrogen-bond donors (Lipinski definition) is 0. The predicted molar refractivity (Wildman–Crippen MR) is 92.6 cm³/mol. The van der Waals surface area contributed by atoms with Gasteiger partial charge in [0.1, 0.15) is 0 Å². The normalized spacial score (nSPS) is 12.7. The van der Waals surface area contributed by atoms with E-state index in [1.165, 1.54) is 0 Å². The summed E-state index contributed by atoms with van der Waals surface area (Å²) in [7, 11) is 0.300. The SMILES string of the molecule is C[Si](C)[Si](C)C.Cl.Cl.[C-]1=CC=CC1.[C-]1=CC=CC1.[Hf]. The maximum absolute atomic E-state index is 2.99. The summed E-state index contributed by atoms with van der Waals surface area (Å²) in [6.07, 6.45) is 20.0. The second-order valence-corrected chi connectivity index (χ2v) is 14.0. The van der Waals surface area contributed by atoms with Crippen molar-refractivity contribution in [3.05, 3.63) is 48.6 Å². The standard InChI is InChI=1S/2C5H5.C4H12Si2.2ClH.Hf/c2*1-2-4-5-3-1;1-5(2)6(3)4;;;/h2*1-3H,4H2;1-4H3;2*1H;/q2*-1;;;;. The minimum absolute atomic E-state index is 0. The average molecular weight is 498 g/mol. The first kappa shape index (κ1) is 28.1. The Kier molecular flexibility index (Phi) is 31.2. The van der Waals surface area contributed by atoms with Gasteiger partial charge in [0.15, 0.2) is 0 Å². The minimum Gasteiger partial charge on any atom is -0.273 e. The third kappa shape index (κ3) is 24.3. The van der Waals surface area contributed by atoms with Crippen LogP contribution in [-0.4, -0.2) is 16.6 Å².